The number of rotatable bonds is 4. The van der Waals surface area contributed by atoms with Gasteiger partial charge in [-0.05, 0) is 19.3 Å². The summed E-state index contributed by atoms with van der Waals surface area (Å²) in [6, 6.07) is -0.311. The molecule has 0 aromatic carbocycles. The molecule has 1 amide bonds. The second-order valence-electron chi connectivity index (χ2n) is 4.02. The van der Waals surface area contributed by atoms with Crippen LogP contribution in [-0.4, -0.2) is 16.9 Å². The zero-order valence-electron chi connectivity index (χ0n) is 9.28. The van der Waals surface area contributed by atoms with E-state index < -0.39 is 6.04 Å². The van der Waals surface area contributed by atoms with Crippen molar-refractivity contribution in [2.75, 3.05) is 5.32 Å². The summed E-state index contributed by atoms with van der Waals surface area (Å²) in [5.74, 6) is 0.127. The Bertz CT molecular complexity index is 333. The fourth-order valence-electron chi connectivity index (χ4n) is 1.22. The van der Waals surface area contributed by atoms with Gasteiger partial charge in [-0.2, -0.15) is 4.98 Å². The number of carbonyl (C=O) groups is 1. The lowest BCUT2D eigenvalue weighted by atomic mass is 10.0. The number of aromatic nitrogens is 1. The van der Waals surface area contributed by atoms with Crippen LogP contribution in [-0.2, 0) is 4.79 Å². The number of oxazole rings is 1. The molecule has 0 spiro atoms. The first-order chi connectivity index (χ1) is 6.99. The van der Waals surface area contributed by atoms with Crippen LogP contribution >= 0.6 is 0 Å². The van der Waals surface area contributed by atoms with E-state index >= 15 is 0 Å². The highest BCUT2D eigenvalue weighted by Crippen LogP contribution is 2.08. The number of hydrogen-bond acceptors (Lipinski definition) is 4. The Labute approximate surface area is 89.1 Å². The van der Waals surface area contributed by atoms with Crippen LogP contribution in [0.5, 0.6) is 0 Å². The summed E-state index contributed by atoms with van der Waals surface area (Å²) in [4.78, 5) is 15.5. The quantitative estimate of drug-likeness (QED) is 0.786. The van der Waals surface area contributed by atoms with Crippen LogP contribution < -0.4 is 11.1 Å². The Morgan fingerprint density at radius 2 is 2.33 bits per heavy atom. The van der Waals surface area contributed by atoms with Crippen molar-refractivity contribution < 1.29 is 9.21 Å². The first-order valence-electron chi connectivity index (χ1n) is 4.97. The van der Waals surface area contributed by atoms with Crippen molar-refractivity contribution in [1.82, 2.24) is 4.98 Å². The van der Waals surface area contributed by atoms with Gasteiger partial charge in [0.15, 0.2) is 0 Å². The van der Waals surface area contributed by atoms with Crippen molar-refractivity contribution >= 4 is 11.9 Å². The van der Waals surface area contributed by atoms with Gasteiger partial charge in [-0.15, -0.1) is 0 Å². The molecule has 0 aliphatic rings. The molecule has 0 saturated carbocycles. The first kappa shape index (κ1) is 11.7. The summed E-state index contributed by atoms with van der Waals surface area (Å²) in [5.41, 5.74) is 6.42. The molecule has 0 saturated heterocycles. The number of nitrogens with zero attached hydrogens (tertiary/aromatic N) is 1. The topological polar surface area (TPSA) is 81.2 Å². The first-order valence-corrected chi connectivity index (χ1v) is 4.97. The molecule has 15 heavy (non-hydrogen) atoms. The maximum Gasteiger partial charge on any atom is 0.301 e. The van der Waals surface area contributed by atoms with Crippen LogP contribution in [0.2, 0.25) is 0 Å². The molecule has 0 bridgehead atoms. The number of nitrogens with one attached hydrogen (secondary N) is 1. The summed E-state index contributed by atoms with van der Waals surface area (Å²) < 4.78 is 4.99. The lowest BCUT2D eigenvalue weighted by Crippen LogP contribution is -2.36. The highest BCUT2D eigenvalue weighted by Gasteiger charge is 2.16. The molecular formula is C10H17N3O2. The molecule has 0 aliphatic heterocycles. The molecule has 1 rings (SSSR count). The summed E-state index contributed by atoms with van der Waals surface area (Å²) >= 11 is 0. The molecule has 0 radical (unpaired) electrons. The predicted molar refractivity (Wildman–Crippen MR) is 57.3 cm³/mol. The fourth-order valence-corrected chi connectivity index (χ4v) is 1.22. The third-order valence-electron chi connectivity index (χ3n) is 1.91. The van der Waals surface area contributed by atoms with Gasteiger partial charge in [0, 0.05) is 0 Å². The van der Waals surface area contributed by atoms with Gasteiger partial charge in [0.1, 0.15) is 6.26 Å². The van der Waals surface area contributed by atoms with Crippen molar-refractivity contribution in [1.29, 1.82) is 0 Å². The molecule has 3 N–H and O–H groups in total. The monoisotopic (exact) mass is 211 g/mol. The zero-order valence-corrected chi connectivity index (χ0v) is 9.28. The minimum Gasteiger partial charge on any atom is -0.432 e. The average Bonchev–Trinajstić information content (AvgIpc) is 2.50. The molecule has 0 unspecified atom stereocenters. The fraction of sp³-hybridized carbons (Fsp3) is 0.600. The normalized spacial score (nSPS) is 12.9. The van der Waals surface area contributed by atoms with Crippen LogP contribution in [0.25, 0.3) is 0 Å². The highest BCUT2D eigenvalue weighted by atomic mass is 16.4. The molecular weight excluding hydrogens is 194 g/mol. The molecule has 1 atom stereocenters. The van der Waals surface area contributed by atoms with E-state index in [0.717, 1.165) is 5.69 Å². The van der Waals surface area contributed by atoms with Gasteiger partial charge in [0.25, 0.3) is 0 Å². The Morgan fingerprint density at radius 3 is 2.80 bits per heavy atom. The van der Waals surface area contributed by atoms with Gasteiger partial charge in [-0.1, -0.05) is 13.8 Å². The van der Waals surface area contributed by atoms with Gasteiger partial charge >= 0.3 is 6.01 Å². The minimum absolute atomic E-state index is 0.205. The minimum atomic E-state index is -0.516. The molecule has 84 valence electrons. The zero-order chi connectivity index (χ0) is 11.4. The van der Waals surface area contributed by atoms with E-state index in [0.29, 0.717) is 12.3 Å². The summed E-state index contributed by atoms with van der Waals surface area (Å²) in [7, 11) is 0. The highest BCUT2D eigenvalue weighted by molar-refractivity contribution is 5.92. The van der Waals surface area contributed by atoms with Crippen LogP contribution in [0.4, 0.5) is 6.01 Å². The molecule has 1 aromatic heterocycles. The third-order valence-corrected chi connectivity index (χ3v) is 1.91. The number of nitrogens with two attached hydrogens (primary N) is 1. The number of anilines is 1. The smallest absolute Gasteiger partial charge is 0.301 e. The van der Waals surface area contributed by atoms with Crippen molar-refractivity contribution in [3.05, 3.63) is 12.0 Å². The van der Waals surface area contributed by atoms with Crippen molar-refractivity contribution in [2.45, 2.75) is 33.2 Å². The maximum absolute atomic E-state index is 11.5. The van der Waals surface area contributed by atoms with E-state index in [9.17, 15) is 4.79 Å². The molecule has 0 fully saturated rings. The Morgan fingerprint density at radius 1 is 1.67 bits per heavy atom. The van der Waals surface area contributed by atoms with Crippen LogP contribution in [0.1, 0.15) is 26.0 Å². The number of hydrogen-bond donors (Lipinski definition) is 2. The second kappa shape index (κ2) is 4.93. The molecule has 1 heterocycles. The van der Waals surface area contributed by atoms with E-state index in [-0.39, 0.29) is 11.9 Å². The van der Waals surface area contributed by atoms with E-state index in [4.69, 9.17) is 10.2 Å². The van der Waals surface area contributed by atoms with Crippen LogP contribution in [0.3, 0.4) is 0 Å². The standard InChI is InChI=1S/C10H17N3O2/c1-6(2)4-8(11)9(14)13-10-12-7(3)5-15-10/h5-6,8H,4,11H2,1-3H3,(H,12,13,14)/t8-/m0/s1. The van der Waals surface area contributed by atoms with Crippen molar-refractivity contribution in [3.63, 3.8) is 0 Å². The largest absolute Gasteiger partial charge is 0.432 e. The Hall–Kier alpha value is -1.36. The second-order valence-corrected chi connectivity index (χ2v) is 4.02. The SMILES string of the molecule is Cc1coc(NC(=O)[C@@H](N)CC(C)C)n1. The van der Waals surface area contributed by atoms with Gasteiger partial charge in [-0.3, -0.25) is 10.1 Å². The van der Waals surface area contributed by atoms with Gasteiger partial charge in [0.05, 0.1) is 11.7 Å². The van der Waals surface area contributed by atoms with E-state index in [1.54, 1.807) is 6.92 Å². The predicted octanol–water partition coefficient (Wildman–Crippen LogP) is 1.29. The Balaban J connectivity index is 2.48. The van der Waals surface area contributed by atoms with Crippen molar-refractivity contribution in [3.8, 4) is 0 Å². The number of carbonyl (C=O) groups excluding carboxylic acids is 1. The molecule has 5 heteroatoms. The Kier molecular flexibility index (Phi) is 3.85. The van der Waals surface area contributed by atoms with Crippen molar-refractivity contribution in [2.24, 2.45) is 11.7 Å². The van der Waals surface area contributed by atoms with Gasteiger partial charge in [-0.25, -0.2) is 0 Å². The number of amides is 1. The van der Waals surface area contributed by atoms with E-state index in [2.05, 4.69) is 10.3 Å². The molecule has 1 aromatic rings. The molecule has 0 aliphatic carbocycles. The van der Waals surface area contributed by atoms with Crippen LogP contribution in [0, 0.1) is 12.8 Å². The maximum atomic E-state index is 11.5. The van der Waals surface area contributed by atoms with Gasteiger partial charge in [0.2, 0.25) is 5.91 Å². The summed E-state index contributed by atoms with van der Waals surface area (Å²) in [5, 5.41) is 2.53. The average molecular weight is 211 g/mol. The van der Waals surface area contributed by atoms with Crippen LogP contribution in [0.15, 0.2) is 10.7 Å². The van der Waals surface area contributed by atoms with E-state index in [1.165, 1.54) is 6.26 Å². The number of aryl methyl sites for hydroxylation is 1. The lowest BCUT2D eigenvalue weighted by molar-refractivity contribution is -0.117. The molecule has 5 nitrogen and oxygen atoms in total. The summed E-state index contributed by atoms with van der Waals surface area (Å²) in [6.07, 6.45) is 2.12. The van der Waals surface area contributed by atoms with E-state index in [1.807, 2.05) is 13.8 Å². The summed E-state index contributed by atoms with van der Waals surface area (Å²) in [6.45, 7) is 5.82. The third kappa shape index (κ3) is 3.71. The van der Waals surface area contributed by atoms with Gasteiger partial charge < -0.3 is 10.2 Å². The lowest BCUT2D eigenvalue weighted by Gasteiger charge is -2.12.